The molecule has 3 N–H and O–H groups in total. The molecule has 2 fully saturated rings. The van der Waals surface area contributed by atoms with Crippen LogP contribution in [0.2, 0.25) is 0 Å². The Morgan fingerprint density at radius 3 is 2.58 bits per heavy atom. The van der Waals surface area contributed by atoms with Gasteiger partial charge in [0.25, 0.3) is 0 Å². The molecule has 3 aromatic carbocycles. The zero-order valence-corrected chi connectivity index (χ0v) is 30.0. The number of anilines is 3. The third-order valence-electron chi connectivity index (χ3n) is 11.1. The predicted octanol–water partition coefficient (Wildman–Crippen LogP) is 7.59. The van der Waals surface area contributed by atoms with Crippen LogP contribution in [-0.2, 0) is 11.3 Å². The number of aliphatic hydroxyl groups is 1. The van der Waals surface area contributed by atoms with E-state index in [1.807, 2.05) is 49.6 Å². The Bertz CT molecular complexity index is 2420. The maximum Gasteiger partial charge on any atom is 0.306 e. The molecule has 0 amide bonds. The lowest BCUT2D eigenvalue weighted by Crippen LogP contribution is -2.29. The molecule has 1 aliphatic heterocycles. The standard InChI is InChI=1S/C42H41N7O4/c1-24-33(6-4-8-35(24)41-47-37-19-31(18-29(20-43)39(37)53-41)48(3)30-11-10-28(17-30)42(51)52)34-7-5-9-36(25(34)2)46-40-38-27(12-14-44-40)16-26(21-45-38)22-49-15-13-32(50)23-49/h4-9,12,14,16,18-19,21,28,30,32,50H,10-11,13,15,17,22-23H2,1-3H3,(H,44,46)(H,51,52)/t28-,30-,32?/m0/s1. The lowest BCUT2D eigenvalue weighted by molar-refractivity contribution is -0.141. The van der Waals surface area contributed by atoms with Crippen molar-refractivity contribution in [1.82, 2.24) is 19.9 Å². The van der Waals surface area contributed by atoms with E-state index >= 15 is 0 Å². The van der Waals surface area contributed by atoms with Crippen molar-refractivity contribution in [2.75, 3.05) is 30.4 Å². The van der Waals surface area contributed by atoms with Gasteiger partial charge in [0.2, 0.25) is 5.89 Å². The Morgan fingerprint density at radius 1 is 1.04 bits per heavy atom. The zero-order chi connectivity index (χ0) is 36.8. The first kappa shape index (κ1) is 34.3. The Morgan fingerprint density at radius 2 is 1.83 bits per heavy atom. The number of oxazole rings is 1. The molecule has 1 aliphatic carbocycles. The molecule has 1 saturated heterocycles. The fourth-order valence-electron chi connectivity index (χ4n) is 8.01. The summed E-state index contributed by atoms with van der Waals surface area (Å²) in [5.74, 6) is 0.00487. The minimum atomic E-state index is -0.754. The van der Waals surface area contributed by atoms with E-state index in [9.17, 15) is 20.3 Å². The molecule has 6 aromatic rings. The second-order valence-electron chi connectivity index (χ2n) is 14.4. The van der Waals surface area contributed by atoms with E-state index in [4.69, 9.17) is 14.4 Å². The highest BCUT2D eigenvalue weighted by molar-refractivity contribution is 5.91. The van der Waals surface area contributed by atoms with Gasteiger partial charge in [-0.3, -0.25) is 14.7 Å². The monoisotopic (exact) mass is 707 g/mol. The van der Waals surface area contributed by atoms with Gasteiger partial charge < -0.3 is 24.8 Å². The number of aliphatic hydroxyl groups excluding tert-OH is 1. The maximum absolute atomic E-state index is 11.6. The number of pyridine rings is 2. The van der Waals surface area contributed by atoms with Crippen molar-refractivity contribution in [2.24, 2.45) is 5.92 Å². The Hall–Kier alpha value is -5.83. The number of hydrogen-bond donors (Lipinski definition) is 3. The summed E-state index contributed by atoms with van der Waals surface area (Å²) in [6.45, 7) is 6.47. The number of β-amino-alcohol motifs (C(OH)–C–C–N with tert-alkyl or cyclic N) is 1. The Balaban J connectivity index is 1.08. The molecule has 11 heteroatoms. The minimum absolute atomic E-state index is 0.0700. The van der Waals surface area contributed by atoms with Crippen LogP contribution in [0, 0.1) is 31.1 Å². The molecule has 2 aliphatic rings. The molecule has 53 heavy (non-hydrogen) atoms. The SMILES string of the molecule is Cc1c(Nc2nccc3cc(CN4CCC(O)C4)cnc23)cccc1-c1cccc(-c2nc3cc(N(C)[C@H]4CC[C@H](C(=O)O)C4)cc(C#N)c3o2)c1C. The maximum atomic E-state index is 11.6. The summed E-state index contributed by atoms with van der Waals surface area (Å²) < 4.78 is 6.31. The average molecular weight is 708 g/mol. The third kappa shape index (κ3) is 6.56. The molecular formula is C42H41N7O4. The Labute approximate surface area is 307 Å². The number of benzene rings is 3. The second kappa shape index (κ2) is 14.0. The van der Waals surface area contributed by atoms with Crippen LogP contribution in [0.25, 0.3) is 44.6 Å². The van der Waals surface area contributed by atoms with E-state index in [0.29, 0.717) is 47.8 Å². The quantitative estimate of drug-likeness (QED) is 0.136. The number of carbonyl (C=O) groups is 1. The van der Waals surface area contributed by atoms with Gasteiger partial charge in [-0.25, -0.2) is 9.97 Å². The van der Waals surface area contributed by atoms with Crippen LogP contribution in [0.1, 0.15) is 47.9 Å². The van der Waals surface area contributed by atoms with Crippen molar-refractivity contribution >= 4 is 45.2 Å². The molecule has 8 rings (SSSR count). The van der Waals surface area contributed by atoms with Crippen molar-refractivity contribution in [3.8, 4) is 28.7 Å². The molecule has 4 heterocycles. The van der Waals surface area contributed by atoms with Crippen LogP contribution in [-0.4, -0.2) is 68.3 Å². The van der Waals surface area contributed by atoms with Crippen molar-refractivity contribution in [3.63, 3.8) is 0 Å². The largest absolute Gasteiger partial charge is 0.481 e. The van der Waals surface area contributed by atoms with E-state index < -0.39 is 5.97 Å². The first-order valence-corrected chi connectivity index (χ1v) is 18.1. The molecular weight excluding hydrogens is 667 g/mol. The van der Waals surface area contributed by atoms with Gasteiger partial charge in [-0.05, 0) is 104 Å². The van der Waals surface area contributed by atoms with Crippen LogP contribution >= 0.6 is 0 Å². The highest BCUT2D eigenvalue weighted by Gasteiger charge is 2.32. The summed E-state index contributed by atoms with van der Waals surface area (Å²) in [4.78, 5) is 30.2. The van der Waals surface area contributed by atoms with Gasteiger partial charge in [0.15, 0.2) is 11.4 Å². The fraction of sp³-hybridized carbons (Fsp3) is 0.310. The van der Waals surface area contributed by atoms with E-state index in [1.165, 1.54) is 0 Å². The zero-order valence-electron chi connectivity index (χ0n) is 30.0. The second-order valence-corrected chi connectivity index (χ2v) is 14.4. The van der Waals surface area contributed by atoms with Gasteiger partial charge >= 0.3 is 5.97 Å². The first-order valence-electron chi connectivity index (χ1n) is 18.1. The number of aromatic nitrogens is 3. The normalized spacial score (nSPS) is 18.8. The van der Waals surface area contributed by atoms with Crippen LogP contribution in [0.5, 0.6) is 0 Å². The average Bonchev–Trinajstić information content (AvgIpc) is 3.92. The molecule has 11 nitrogen and oxygen atoms in total. The van der Waals surface area contributed by atoms with Gasteiger partial charge in [0.05, 0.1) is 17.6 Å². The highest BCUT2D eigenvalue weighted by Crippen LogP contribution is 2.39. The van der Waals surface area contributed by atoms with E-state index in [-0.39, 0.29) is 18.1 Å². The van der Waals surface area contributed by atoms with Crippen LogP contribution in [0.3, 0.4) is 0 Å². The number of nitrogens with zero attached hydrogens (tertiary/aromatic N) is 6. The van der Waals surface area contributed by atoms with Crippen LogP contribution < -0.4 is 10.2 Å². The molecule has 1 saturated carbocycles. The first-order chi connectivity index (χ1) is 25.7. The lowest BCUT2D eigenvalue weighted by atomic mass is 9.93. The smallest absolute Gasteiger partial charge is 0.306 e. The molecule has 1 unspecified atom stereocenters. The summed E-state index contributed by atoms with van der Waals surface area (Å²) in [7, 11) is 1.95. The van der Waals surface area contributed by atoms with Crippen molar-refractivity contribution in [1.29, 1.82) is 5.26 Å². The molecule has 3 atom stereocenters. The predicted molar refractivity (Wildman–Crippen MR) is 205 cm³/mol. The number of carboxylic acids is 1. The lowest BCUT2D eigenvalue weighted by Gasteiger charge is -2.26. The van der Waals surface area contributed by atoms with Gasteiger partial charge in [-0.1, -0.05) is 24.3 Å². The summed E-state index contributed by atoms with van der Waals surface area (Å²) in [6, 6.07) is 22.4. The van der Waals surface area contributed by atoms with E-state index in [2.05, 4.69) is 58.2 Å². The number of rotatable bonds is 9. The van der Waals surface area contributed by atoms with Gasteiger partial charge in [0.1, 0.15) is 17.1 Å². The van der Waals surface area contributed by atoms with Gasteiger partial charge in [0, 0.05) is 67.4 Å². The number of nitriles is 1. The number of hydrogen-bond acceptors (Lipinski definition) is 10. The number of carboxylic acid groups (broad SMARTS) is 1. The third-order valence-corrected chi connectivity index (χ3v) is 11.1. The Kier molecular flexibility index (Phi) is 9.02. The summed E-state index contributed by atoms with van der Waals surface area (Å²) in [5, 5.41) is 34.1. The summed E-state index contributed by atoms with van der Waals surface area (Å²) in [6.07, 6.45) is 6.24. The van der Waals surface area contributed by atoms with Gasteiger partial charge in [-0.2, -0.15) is 5.26 Å². The number of aliphatic carboxylic acids is 1. The van der Waals surface area contributed by atoms with Gasteiger partial charge in [-0.15, -0.1) is 0 Å². The highest BCUT2D eigenvalue weighted by atomic mass is 16.4. The number of likely N-dealkylation sites (tertiary alicyclic amines) is 1. The van der Waals surface area contributed by atoms with Crippen molar-refractivity contribution in [3.05, 3.63) is 95.3 Å². The van der Waals surface area contributed by atoms with Crippen LogP contribution in [0.15, 0.2) is 77.5 Å². The summed E-state index contributed by atoms with van der Waals surface area (Å²) in [5.41, 5.74) is 9.96. The van der Waals surface area contributed by atoms with Crippen molar-refractivity contribution in [2.45, 2.75) is 58.2 Å². The molecule has 0 spiro atoms. The molecule has 268 valence electrons. The number of fused-ring (bicyclic) bond motifs is 2. The van der Waals surface area contributed by atoms with Crippen LogP contribution in [0.4, 0.5) is 17.2 Å². The molecule has 3 aromatic heterocycles. The molecule has 0 radical (unpaired) electrons. The van der Waals surface area contributed by atoms with E-state index in [0.717, 1.165) is 81.6 Å². The van der Waals surface area contributed by atoms with Crippen molar-refractivity contribution < 1.29 is 19.4 Å². The molecule has 0 bridgehead atoms. The van der Waals surface area contributed by atoms with E-state index in [1.54, 1.807) is 12.3 Å². The topological polar surface area (TPSA) is 152 Å². The number of nitrogens with one attached hydrogen (secondary N) is 1. The minimum Gasteiger partial charge on any atom is -0.481 e. The fourth-order valence-corrected chi connectivity index (χ4v) is 8.01. The summed E-state index contributed by atoms with van der Waals surface area (Å²) >= 11 is 0.